The van der Waals surface area contributed by atoms with Gasteiger partial charge in [-0.25, -0.2) is 9.97 Å². The molecule has 0 amide bonds. The number of rotatable bonds is 1. The van der Waals surface area contributed by atoms with Gasteiger partial charge in [-0.05, 0) is 43.2 Å². The summed E-state index contributed by atoms with van der Waals surface area (Å²) >= 11 is 2.92. The topological polar surface area (TPSA) is 66.2 Å². The molecule has 4 rings (SSSR count). The molecule has 22 heavy (non-hydrogen) atoms. The smallest absolute Gasteiger partial charge is 0.153 e. The lowest BCUT2D eigenvalue weighted by atomic mass is 10.1. The van der Waals surface area contributed by atoms with E-state index >= 15 is 0 Å². The van der Waals surface area contributed by atoms with E-state index in [4.69, 9.17) is 0 Å². The van der Waals surface area contributed by atoms with Crippen molar-refractivity contribution in [2.75, 3.05) is 0 Å². The van der Waals surface area contributed by atoms with Crippen LogP contribution in [0.1, 0.15) is 11.1 Å². The molecule has 4 aromatic rings. The van der Waals surface area contributed by atoms with Crippen molar-refractivity contribution in [3.63, 3.8) is 0 Å². The van der Waals surface area contributed by atoms with Crippen molar-refractivity contribution in [3.05, 3.63) is 35.4 Å². The zero-order valence-corrected chi connectivity index (χ0v) is 13.5. The highest BCUT2D eigenvalue weighted by Gasteiger charge is 2.16. The Morgan fingerprint density at radius 1 is 0.864 bits per heavy atom. The fraction of sp³-hybridized carbons (Fsp3) is 0.125. The summed E-state index contributed by atoms with van der Waals surface area (Å²) in [7, 11) is 0. The molecular weight excluding hydrogens is 316 g/mol. The van der Waals surface area contributed by atoms with Crippen LogP contribution < -0.4 is 0 Å². The number of phenolic OH excluding ortho intramolecular Hbond substituents is 2. The molecule has 0 unspecified atom stereocenters. The third kappa shape index (κ3) is 1.95. The van der Waals surface area contributed by atoms with Gasteiger partial charge in [0.2, 0.25) is 0 Å². The van der Waals surface area contributed by atoms with Crippen molar-refractivity contribution in [1.29, 1.82) is 0 Å². The predicted molar refractivity (Wildman–Crippen MR) is 91.0 cm³/mol. The Hall–Kier alpha value is -2.18. The maximum atomic E-state index is 9.92. The van der Waals surface area contributed by atoms with Crippen LogP contribution in [0.5, 0.6) is 11.5 Å². The number of aryl methyl sites for hydroxylation is 2. The molecule has 0 fully saturated rings. The van der Waals surface area contributed by atoms with Gasteiger partial charge < -0.3 is 10.2 Å². The number of aromatic nitrogens is 2. The molecule has 2 aromatic heterocycles. The standard InChI is InChI=1S/C16H12N2O2S2/c1-7-5-8(2)12-11(6-7)21-15(17-12)16-18-13-9(19)3-4-10(20)14(13)22-16/h3-6,19-20H,1-2H3. The fourth-order valence-electron chi connectivity index (χ4n) is 2.53. The van der Waals surface area contributed by atoms with Gasteiger partial charge in [0.25, 0.3) is 0 Å². The summed E-state index contributed by atoms with van der Waals surface area (Å²) in [5, 5.41) is 21.3. The number of thiazole rings is 2. The van der Waals surface area contributed by atoms with Crippen molar-refractivity contribution in [2.45, 2.75) is 13.8 Å². The van der Waals surface area contributed by atoms with Gasteiger partial charge in [0.15, 0.2) is 10.0 Å². The normalized spacial score (nSPS) is 11.5. The summed E-state index contributed by atoms with van der Waals surface area (Å²) in [6.07, 6.45) is 0. The van der Waals surface area contributed by atoms with Gasteiger partial charge >= 0.3 is 0 Å². The van der Waals surface area contributed by atoms with Gasteiger partial charge in [0.1, 0.15) is 21.7 Å². The largest absolute Gasteiger partial charge is 0.506 e. The highest BCUT2D eigenvalue weighted by atomic mass is 32.1. The molecule has 0 spiro atoms. The van der Waals surface area contributed by atoms with Crippen LogP contribution in [0.4, 0.5) is 0 Å². The summed E-state index contributed by atoms with van der Waals surface area (Å²) in [5.41, 5.74) is 3.76. The summed E-state index contributed by atoms with van der Waals surface area (Å²) in [6.45, 7) is 4.12. The third-order valence-electron chi connectivity index (χ3n) is 3.51. The van der Waals surface area contributed by atoms with Gasteiger partial charge in [-0.1, -0.05) is 6.07 Å². The van der Waals surface area contributed by atoms with Crippen LogP contribution in [0, 0.1) is 13.8 Å². The molecule has 0 aliphatic rings. The summed E-state index contributed by atoms with van der Waals surface area (Å²) in [4.78, 5) is 9.13. The molecule has 0 bridgehead atoms. The molecular formula is C16H12N2O2S2. The maximum Gasteiger partial charge on any atom is 0.153 e. The van der Waals surface area contributed by atoms with E-state index in [1.807, 2.05) is 0 Å². The Kier molecular flexibility index (Phi) is 2.85. The number of benzene rings is 2. The van der Waals surface area contributed by atoms with E-state index in [-0.39, 0.29) is 11.5 Å². The molecule has 2 aromatic carbocycles. The zero-order valence-electron chi connectivity index (χ0n) is 11.9. The van der Waals surface area contributed by atoms with Crippen molar-refractivity contribution in [1.82, 2.24) is 9.97 Å². The van der Waals surface area contributed by atoms with E-state index in [1.54, 1.807) is 11.3 Å². The molecule has 6 heteroatoms. The summed E-state index contributed by atoms with van der Waals surface area (Å²) in [6, 6.07) is 7.16. The van der Waals surface area contributed by atoms with Gasteiger partial charge in [-0.3, -0.25) is 0 Å². The molecule has 4 nitrogen and oxygen atoms in total. The molecule has 110 valence electrons. The van der Waals surface area contributed by atoms with Gasteiger partial charge in [-0.15, -0.1) is 22.7 Å². The second kappa shape index (κ2) is 4.66. The fourth-order valence-corrected chi connectivity index (χ4v) is 4.69. The first-order chi connectivity index (χ1) is 10.5. The third-order valence-corrected chi connectivity index (χ3v) is 5.74. The molecule has 0 atom stereocenters. The number of hydrogen-bond donors (Lipinski definition) is 2. The Labute approximate surface area is 134 Å². The Morgan fingerprint density at radius 2 is 1.55 bits per heavy atom. The molecule has 0 saturated carbocycles. The molecule has 2 heterocycles. The van der Waals surface area contributed by atoms with E-state index < -0.39 is 0 Å². The zero-order chi connectivity index (χ0) is 15.4. The molecule has 0 saturated heterocycles. The van der Waals surface area contributed by atoms with Gasteiger partial charge in [0, 0.05) is 0 Å². The summed E-state index contributed by atoms with van der Waals surface area (Å²) in [5.74, 6) is 0.202. The van der Waals surface area contributed by atoms with Crippen molar-refractivity contribution in [2.24, 2.45) is 0 Å². The monoisotopic (exact) mass is 328 g/mol. The maximum absolute atomic E-state index is 9.92. The number of phenols is 2. The lowest BCUT2D eigenvalue weighted by Gasteiger charge is -1.95. The van der Waals surface area contributed by atoms with E-state index in [9.17, 15) is 10.2 Å². The number of nitrogens with zero attached hydrogens (tertiary/aromatic N) is 2. The van der Waals surface area contributed by atoms with Crippen molar-refractivity contribution >= 4 is 43.1 Å². The van der Waals surface area contributed by atoms with Crippen LogP contribution in [0.15, 0.2) is 24.3 Å². The van der Waals surface area contributed by atoms with Crippen LogP contribution in [0.3, 0.4) is 0 Å². The Morgan fingerprint density at radius 3 is 2.32 bits per heavy atom. The molecule has 0 aliphatic heterocycles. The highest BCUT2D eigenvalue weighted by molar-refractivity contribution is 7.28. The highest BCUT2D eigenvalue weighted by Crippen LogP contribution is 2.41. The van der Waals surface area contributed by atoms with Crippen LogP contribution in [-0.4, -0.2) is 20.2 Å². The van der Waals surface area contributed by atoms with Gasteiger partial charge in [-0.2, -0.15) is 0 Å². The van der Waals surface area contributed by atoms with Crippen LogP contribution >= 0.6 is 22.7 Å². The average Bonchev–Trinajstić information content (AvgIpc) is 3.07. The van der Waals surface area contributed by atoms with Crippen molar-refractivity contribution in [3.8, 4) is 21.5 Å². The average molecular weight is 328 g/mol. The quantitative estimate of drug-likeness (QED) is 0.501. The minimum atomic E-state index is 0.0726. The second-order valence-corrected chi connectivity index (χ2v) is 7.28. The van der Waals surface area contributed by atoms with E-state index in [1.165, 1.54) is 29.0 Å². The minimum absolute atomic E-state index is 0.0726. The first-order valence-corrected chi connectivity index (χ1v) is 8.36. The first kappa shape index (κ1) is 13.5. The van der Waals surface area contributed by atoms with Crippen LogP contribution in [0.2, 0.25) is 0 Å². The van der Waals surface area contributed by atoms with E-state index in [0.717, 1.165) is 20.8 Å². The van der Waals surface area contributed by atoms with Crippen LogP contribution in [-0.2, 0) is 0 Å². The Balaban J connectivity index is 1.97. The van der Waals surface area contributed by atoms with E-state index in [2.05, 4.69) is 35.9 Å². The van der Waals surface area contributed by atoms with Crippen molar-refractivity contribution < 1.29 is 10.2 Å². The second-order valence-electron chi connectivity index (χ2n) is 5.25. The Bertz CT molecular complexity index is 995. The lowest BCUT2D eigenvalue weighted by molar-refractivity contribution is 0.469. The van der Waals surface area contributed by atoms with E-state index in [0.29, 0.717) is 15.2 Å². The predicted octanol–water partition coefficient (Wildman–Crippen LogP) is 4.60. The lowest BCUT2D eigenvalue weighted by Crippen LogP contribution is -1.79. The number of hydrogen-bond acceptors (Lipinski definition) is 6. The summed E-state index contributed by atoms with van der Waals surface area (Å²) < 4.78 is 1.71. The molecule has 0 aliphatic carbocycles. The van der Waals surface area contributed by atoms with Crippen LogP contribution in [0.25, 0.3) is 30.4 Å². The van der Waals surface area contributed by atoms with Gasteiger partial charge in [0.05, 0.1) is 10.2 Å². The SMILES string of the molecule is Cc1cc(C)c2nc(-c3nc4c(O)ccc(O)c4s3)sc2c1. The number of fused-ring (bicyclic) bond motifs is 2. The molecule has 0 radical (unpaired) electrons. The minimum Gasteiger partial charge on any atom is -0.506 e. The molecule has 2 N–H and O–H groups in total. The first-order valence-electron chi connectivity index (χ1n) is 6.72. The number of aromatic hydroxyl groups is 2.